The van der Waals surface area contributed by atoms with Crippen molar-refractivity contribution in [2.24, 2.45) is 45.5 Å². The molecule has 0 aromatic heterocycles. The van der Waals surface area contributed by atoms with Crippen LogP contribution in [0.5, 0.6) is 0 Å². The predicted molar refractivity (Wildman–Crippen MR) is 252 cm³/mol. The summed E-state index contributed by atoms with van der Waals surface area (Å²) in [5.41, 5.74) is 11.2. The second-order valence-corrected chi connectivity index (χ2v) is 19.1. The van der Waals surface area contributed by atoms with Crippen LogP contribution in [0.25, 0.3) is 5.57 Å². The molecular formula is C56H66N4. The molecule has 310 valence electrons. The van der Waals surface area contributed by atoms with Gasteiger partial charge in [0.15, 0.2) is 0 Å². The Labute approximate surface area is 360 Å². The summed E-state index contributed by atoms with van der Waals surface area (Å²) in [6, 6.07) is 18.4. The maximum Gasteiger partial charge on any atom is 0.131 e. The molecule has 10 rings (SSSR count). The summed E-state index contributed by atoms with van der Waals surface area (Å²) in [5, 5.41) is 8.00. The Bertz CT molecular complexity index is 2150. The molecule has 4 heteroatoms. The minimum absolute atomic E-state index is 0.110. The van der Waals surface area contributed by atoms with Crippen LogP contribution in [0, 0.1) is 35.5 Å². The van der Waals surface area contributed by atoms with Crippen LogP contribution in [0.2, 0.25) is 0 Å². The lowest BCUT2D eigenvalue weighted by Gasteiger charge is -2.41. The summed E-state index contributed by atoms with van der Waals surface area (Å²) >= 11 is 0. The van der Waals surface area contributed by atoms with Gasteiger partial charge >= 0.3 is 0 Å². The van der Waals surface area contributed by atoms with Crippen LogP contribution in [-0.2, 0) is 0 Å². The molecule has 2 heterocycles. The van der Waals surface area contributed by atoms with E-state index in [0.717, 1.165) is 55.5 Å². The van der Waals surface area contributed by atoms with Gasteiger partial charge < -0.3 is 5.32 Å². The van der Waals surface area contributed by atoms with Crippen molar-refractivity contribution < 1.29 is 0 Å². The zero-order chi connectivity index (χ0) is 40.1. The molecule has 0 amide bonds. The van der Waals surface area contributed by atoms with Crippen molar-refractivity contribution >= 4 is 17.1 Å². The van der Waals surface area contributed by atoms with Crippen LogP contribution in [0.3, 0.4) is 0 Å². The number of aliphatic imine (C=N–C) groups is 2. The van der Waals surface area contributed by atoms with Gasteiger partial charge in [0.05, 0.1) is 6.17 Å². The van der Waals surface area contributed by atoms with Crippen molar-refractivity contribution in [1.29, 1.82) is 0 Å². The number of hydrogen-bond acceptors (Lipinski definition) is 4. The topological polar surface area (TPSA) is 48.8 Å². The van der Waals surface area contributed by atoms with E-state index in [1.54, 1.807) is 11.1 Å². The van der Waals surface area contributed by atoms with Gasteiger partial charge in [-0.1, -0.05) is 133 Å². The molecule has 2 aromatic rings. The Balaban J connectivity index is 0.875. The summed E-state index contributed by atoms with van der Waals surface area (Å²) in [4.78, 5) is 10.9. The van der Waals surface area contributed by atoms with Crippen LogP contribution in [-0.4, -0.2) is 24.3 Å². The first-order chi connectivity index (χ1) is 29.7. The SMILES string of the molecule is C1=CCC(c2ccc(C3N=C(c4ccc(C5=CCCC=C5)cc4)NC(C4CC=CC(C5C=C(C6=NCC(C7=CCCCC7)C(C7CC=CCC7)C6)CCC5)C4)N3)cc2)C=C1. The van der Waals surface area contributed by atoms with Gasteiger partial charge in [-0.05, 0) is 160 Å². The lowest BCUT2D eigenvalue weighted by molar-refractivity contribution is 0.227. The van der Waals surface area contributed by atoms with Crippen LogP contribution >= 0.6 is 0 Å². The third kappa shape index (κ3) is 8.92. The number of benzene rings is 2. The van der Waals surface area contributed by atoms with Crippen molar-refractivity contribution in [2.75, 3.05) is 6.54 Å². The first-order valence-electron chi connectivity index (χ1n) is 24.0. The molecule has 6 aliphatic carbocycles. The monoisotopic (exact) mass is 795 g/mol. The molecule has 2 N–H and O–H groups in total. The molecule has 0 saturated carbocycles. The minimum Gasteiger partial charge on any atom is -0.354 e. The largest absolute Gasteiger partial charge is 0.354 e. The number of nitrogens with zero attached hydrogens (tertiary/aromatic N) is 2. The second-order valence-electron chi connectivity index (χ2n) is 19.1. The number of amidine groups is 1. The van der Waals surface area contributed by atoms with Crippen LogP contribution in [0.1, 0.15) is 137 Å². The molecule has 0 radical (unpaired) electrons. The van der Waals surface area contributed by atoms with Crippen LogP contribution in [0.15, 0.2) is 149 Å². The highest BCUT2D eigenvalue weighted by molar-refractivity contribution is 6.01. The minimum atomic E-state index is -0.110. The van der Waals surface area contributed by atoms with Crippen molar-refractivity contribution in [3.8, 4) is 0 Å². The van der Waals surface area contributed by atoms with Crippen molar-refractivity contribution in [1.82, 2.24) is 10.6 Å². The molecule has 0 spiro atoms. The number of rotatable bonds is 9. The van der Waals surface area contributed by atoms with Crippen LogP contribution in [0.4, 0.5) is 0 Å². The first-order valence-corrected chi connectivity index (χ1v) is 24.0. The highest BCUT2D eigenvalue weighted by Crippen LogP contribution is 2.45. The van der Waals surface area contributed by atoms with Crippen molar-refractivity contribution in [3.63, 3.8) is 0 Å². The van der Waals surface area contributed by atoms with Crippen molar-refractivity contribution in [3.05, 3.63) is 161 Å². The Hall–Kier alpha value is -4.54. The molecule has 8 aliphatic rings. The quantitative estimate of drug-likeness (QED) is 0.248. The molecule has 2 aromatic carbocycles. The number of nitrogens with one attached hydrogen (secondary N) is 2. The first kappa shape index (κ1) is 39.6. The van der Waals surface area contributed by atoms with Gasteiger partial charge in [0.25, 0.3) is 0 Å². The van der Waals surface area contributed by atoms with Gasteiger partial charge in [-0.25, -0.2) is 4.99 Å². The van der Waals surface area contributed by atoms with E-state index in [9.17, 15) is 0 Å². The Morgan fingerprint density at radius 1 is 0.650 bits per heavy atom. The van der Waals surface area contributed by atoms with Gasteiger partial charge in [0.2, 0.25) is 0 Å². The molecular weight excluding hydrogens is 729 g/mol. The van der Waals surface area contributed by atoms with E-state index in [2.05, 4.69) is 138 Å². The Morgan fingerprint density at radius 3 is 2.33 bits per heavy atom. The van der Waals surface area contributed by atoms with Gasteiger partial charge in [-0.2, -0.15) is 0 Å². The van der Waals surface area contributed by atoms with E-state index < -0.39 is 0 Å². The number of hydrogen-bond donors (Lipinski definition) is 2. The Morgan fingerprint density at radius 2 is 1.53 bits per heavy atom. The molecule has 4 nitrogen and oxygen atoms in total. The average Bonchev–Trinajstić information content (AvgIpc) is 3.35. The molecule has 9 atom stereocenters. The maximum atomic E-state index is 5.49. The summed E-state index contributed by atoms with van der Waals surface area (Å²) in [7, 11) is 0. The molecule has 60 heavy (non-hydrogen) atoms. The van der Waals surface area contributed by atoms with Gasteiger partial charge in [-0.15, -0.1) is 0 Å². The average molecular weight is 795 g/mol. The van der Waals surface area contributed by atoms with E-state index in [1.807, 2.05) is 0 Å². The summed E-state index contributed by atoms with van der Waals surface area (Å²) in [6.07, 6.45) is 50.9. The standard InChI is InChI=1S/C56H66N4/c1-5-15-39(16-6-1)41-27-31-45(32-28-41)54-58-55(46-33-29-42(30-34-46)40-17-7-2-8-18-40)60-56(59-54)50-26-14-24-48(36-50)47-23-13-25-49(35-47)53-37-51(43-19-9-3-10-20-43)52(38-57-53)44-21-11-4-12-22-44/h1,3,5-7,9,14-15,17-18,21,24,27-35,39,43,47-48,50-52,54,56,59H,2,4,8,10-13,16,19-20,22-23,25-26,36-38H2,(H,58,60). The summed E-state index contributed by atoms with van der Waals surface area (Å²) < 4.78 is 0. The lowest BCUT2D eigenvalue weighted by Crippen LogP contribution is -2.55. The van der Waals surface area contributed by atoms with Gasteiger partial charge in [-0.3, -0.25) is 10.3 Å². The molecule has 0 saturated heterocycles. The van der Waals surface area contributed by atoms with E-state index >= 15 is 0 Å². The summed E-state index contributed by atoms with van der Waals surface area (Å²) in [5.74, 6) is 5.23. The third-order valence-corrected chi connectivity index (χ3v) is 15.4. The molecule has 9 unspecified atom stereocenters. The molecule has 0 fully saturated rings. The smallest absolute Gasteiger partial charge is 0.131 e. The van der Waals surface area contributed by atoms with E-state index in [1.165, 1.54) is 105 Å². The lowest BCUT2D eigenvalue weighted by atomic mass is 9.67. The normalized spacial score (nSPS) is 32.9. The highest BCUT2D eigenvalue weighted by Gasteiger charge is 2.38. The zero-order valence-corrected chi connectivity index (χ0v) is 35.7. The van der Waals surface area contributed by atoms with Crippen molar-refractivity contribution in [2.45, 2.75) is 121 Å². The fraction of sp³-hybridized carbons (Fsp3) is 0.464. The van der Waals surface area contributed by atoms with Gasteiger partial charge in [0.1, 0.15) is 12.0 Å². The fourth-order valence-corrected chi connectivity index (χ4v) is 11.9. The predicted octanol–water partition coefficient (Wildman–Crippen LogP) is 13.2. The molecule has 2 aliphatic heterocycles. The zero-order valence-electron chi connectivity index (χ0n) is 35.7. The maximum absolute atomic E-state index is 5.49. The van der Waals surface area contributed by atoms with Gasteiger partial charge in [0, 0.05) is 29.7 Å². The highest BCUT2D eigenvalue weighted by atomic mass is 15.3. The van der Waals surface area contributed by atoms with E-state index in [-0.39, 0.29) is 12.3 Å². The molecule has 0 bridgehead atoms. The number of allylic oxidation sites excluding steroid dienone is 15. The third-order valence-electron chi connectivity index (χ3n) is 15.4. The summed E-state index contributed by atoms with van der Waals surface area (Å²) in [6.45, 7) is 1.01. The van der Waals surface area contributed by atoms with E-state index in [4.69, 9.17) is 9.98 Å². The fourth-order valence-electron chi connectivity index (χ4n) is 11.9. The Kier molecular flexibility index (Phi) is 12.3. The van der Waals surface area contributed by atoms with Crippen LogP contribution < -0.4 is 10.6 Å². The van der Waals surface area contributed by atoms with E-state index in [0.29, 0.717) is 29.6 Å². The second kappa shape index (κ2) is 18.6.